The molecule has 0 aliphatic rings. The normalized spacial score (nSPS) is 10.5. The van der Waals surface area contributed by atoms with Crippen LogP contribution in [-0.4, -0.2) is 36.1 Å². The number of halogens is 2. The first-order chi connectivity index (χ1) is 10.6. The topological polar surface area (TPSA) is 42.4 Å². The molecule has 6 heteroatoms. The third-order valence-electron chi connectivity index (χ3n) is 3.13. The smallest absolute Gasteiger partial charge is 0.255 e. The molecule has 2 aromatic rings. The highest BCUT2D eigenvalue weighted by Crippen LogP contribution is 2.23. The van der Waals surface area contributed by atoms with Gasteiger partial charge in [0.15, 0.2) is 0 Å². The third kappa shape index (κ3) is 4.53. The summed E-state index contributed by atoms with van der Waals surface area (Å²) in [7, 11) is 1.61. The molecule has 0 unspecified atom stereocenters. The number of hydrogen-bond acceptors (Lipinski definition) is 3. The van der Waals surface area contributed by atoms with Crippen LogP contribution in [0.15, 0.2) is 47.2 Å². The fraction of sp³-hybridized carbons (Fsp3) is 0.250. The van der Waals surface area contributed by atoms with E-state index in [9.17, 15) is 4.79 Å². The number of amides is 1. The van der Waals surface area contributed by atoms with E-state index >= 15 is 0 Å². The number of benzene rings is 1. The Morgan fingerprint density at radius 3 is 2.73 bits per heavy atom. The highest BCUT2D eigenvalue weighted by Gasteiger charge is 2.19. The van der Waals surface area contributed by atoms with E-state index in [4.69, 9.17) is 16.3 Å². The Bertz CT molecular complexity index is 637. The number of aromatic nitrogens is 1. The zero-order valence-corrected chi connectivity index (χ0v) is 14.5. The van der Waals surface area contributed by atoms with Crippen LogP contribution >= 0.6 is 27.5 Å². The fourth-order valence-corrected chi connectivity index (χ4v) is 2.55. The van der Waals surface area contributed by atoms with E-state index in [-0.39, 0.29) is 5.91 Å². The van der Waals surface area contributed by atoms with Crippen molar-refractivity contribution in [2.24, 2.45) is 0 Å². The molecule has 4 nitrogen and oxygen atoms in total. The molecule has 0 aliphatic heterocycles. The van der Waals surface area contributed by atoms with Crippen molar-refractivity contribution in [2.45, 2.75) is 6.54 Å². The van der Waals surface area contributed by atoms with Crippen LogP contribution in [0.2, 0.25) is 5.02 Å². The lowest BCUT2D eigenvalue weighted by molar-refractivity contribution is 0.0680. The van der Waals surface area contributed by atoms with E-state index in [1.165, 1.54) is 0 Å². The Hall–Kier alpha value is -1.43. The molecule has 22 heavy (non-hydrogen) atoms. The van der Waals surface area contributed by atoms with E-state index in [2.05, 4.69) is 20.9 Å². The first kappa shape index (κ1) is 16.9. The monoisotopic (exact) mass is 382 g/mol. The fourth-order valence-electron chi connectivity index (χ4n) is 1.99. The first-order valence-electron chi connectivity index (χ1n) is 6.74. The average Bonchev–Trinajstić information content (AvgIpc) is 2.54. The molecule has 1 amide bonds. The number of pyridine rings is 1. The Kier molecular flexibility index (Phi) is 6.36. The number of rotatable bonds is 6. The van der Waals surface area contributed by atoms with E-state index in [1.807, 2.05) is 18.2 Å². The summed E-state index contributed by atoms with van der Waals surface area (Å²) in [5.74, 6) is -0.125. The molecule has 1 aromatic heterocycles. The van der Waals surface area contributed by atoms with Crippen molar-refractivity contribution in [1.29, 1.82) is 0 Å². The minimum Gasteiger partial charge on any atom is -0.383 e. The van der Waals surface area contributed by atoms with Crippen molar-refractivity contribution >= 4 is 33.4 Å². The maximum atomic E-state index is 12.8. The van der Waals surface area contributed by atoms with Gasteiger partial charge in [-0.15, -0.1) is 0 Å². The summed E-state index contributed by atoms with van der Waals surface area (Å²) in [4.78, 5) is 18.5. The van der Waals surface area contributed by atoms with Crippen LogP contribution in [0.1, 0.15) is 15.9 Å². The number of nitrogens with zero attached hydrogens (tertiary/aromatic N) is 2. The highest BCUT2D eigenvalue weighted by molar-refractivity contribution is 9.10. The summed E-state index contributed by atoms with van der Waals surface area (Å²) < 4.78 is 5.92. The van der Waals surface area contributed by atoms with Crippen LogP contribution < -0.4 is 0 Å². The maximum Gasteiger partial charge on any atom is 0.255 e. The molecule has 0 radical (unpaired) electrons. The Morgan fingerprint density at radius 1 is 1.32 bits per heavy atom. The molecule has 0 N–H and O–H groups in total. The predicted octanol–water partition coefficient (Wildman–Crippen LogP) is 3.79. The van der Waals surface area contributed by atoms with Crippen molar-refractivity contribution < 1.29 is 9.53 Å². The minimum atomic E-state index is -0.125. The molecule has 2 rings (SSSR count). The van der Waals surface area contributed by atoms with Gasteiger partial charge in [0.2, 0.25) is 0 Å². The van der Waals surface area contributed by atoms with Gasteiger partial charge in [0, 0.05) is 37.1 Å². The number of methoxy groups -OCH3 is 1. The van der Waals surface area contributed by atoms with Crippen LogP contribution in [-0.2, 0) is 11.3 Å². The summed E-state index contributed by atoms with van der Waals surface area (Å²) in [6.45, 7) is 1.43. The molecular formula is C16H16BrClN2O2. The van der Waals surface area contributed by atoms with Crippen molar-refractivity contribution in [3.05, 3.63) is 63.3 Å². The zero-order valence-electron chi connectivity index (χ0n) is 12.1. The standard InChI is InChI=1S/C16H16BrClN2O2/c1-22-9-8-20(11-12-4-6-19-7-5-12)16(21)14-10-13(17)2-3-15(14)18/h2-7,10H,8-9,11H2,1H3. The lowest BCUT2D eigenvalue weighted by atomic mass is 10.1. The van der Waals surface area contributed by atoms with E-state index < -0.39 is 0 Å². The third-order valence-corrected chi connectivity index (χ3v) is 3.96. The van der Waals surface area contributed by atoms with Gasteiger partial charge < -0.3 is 9.64 Å². The van der Waals surface area contributed by atoms with Crippen molar-refractivity contribution in [2.75, 3.05) is 20.3 Å². The largest absolute Gasteiger partial charge is 0.383 e. The molecule has 0 spiro atoms. The summed E-state index contributed by atoms with van der Waals surface area (Å²) in [5, 5.41) is 0.436. The second kappa shape index (κ2) is 8.27. The molecule has 116 valence electrons. The molecule has 0 saturated heterocycles. The number of ether oxygens (including phenoxy) is 1. The Morgan fingerprint density at radius 2 is 2.05 bits per heavy atom. The summed E-state index contributed by atoms with van der Waals surface area (Å²) in [6.07, 6.45) is 3.42. The van der Waals surface area contributed by atoms with Gasteiger partial charge in [0.25, 0.3) is 5.91 Å². The molecule has 0 aliphatic carbocycles. The molecule has 1 aromatic carbocycles. The van der Waals surface area contributed by atoms with Crippen LogP contribution in [0, 0.1) is 0 Å². The van der Waals surface area contributed by atoms with Gasteiger partial charge in [-0.2, -0.15) is 0 Å². The van der Waals surface area contributed by atoms with Gasteiger partial charge in [0.1, 0.15) is 0 Å². The van der Waals surface area contributed by atoms with E-state index in [1.54, 1.807) is 36.5 Å². The van der Waals surface area contributed by atoms with E-state index in [0.29, 0.717) is 30.3 Å². The zero-order chi connectivity index (χ0) is 15.9. The van der Waals surface area contributed by atoms with Crippen LogP contribution in [0.3, 0.4) is 0 Å². The first-order valence-corrected chi connectivity index (χ1v) is 7.91. The molecule has 0 saturated carbocycles. The predicted molar refractivity (Wildman–Crippen MR) is 90.0 cm³/mol. The highest BCUT2D eigenvalue weighted by atomic mass is 79.9. The molecule has 0 bridgehead atoms. The number of carbonyl (C=O) groups is 1. The lowest BCUT2D eigenvalue weighted by Gasteiger charge is -2.23. The number of hydrogen-bond donors (Lipinski definition) is 0. The van der Waals surface area contributed by atoms with Gasteiger partial charge in [-0.25, -0.2) is 0 Å². The Balaban J connectivity index is 2.24. The maximum absolute atomic E-state index is 12.8. The van der Waals surface area contributed by atoms with Gasteiger partial charge in [-0.1, -0.05) is 27.5 Å². The summed E-state index contributed by atoms with van der Waals surface area (Å²) in [6, 6.07) is 9.02. The van der Waals surface area contributed by atoms with E-state index in [0.717, 1.165) is 10.0 Å². The Labute approximate surface area is 143 Å². The minimum absolute atomic E-state index is 0.125. The molecule has 0 fully saturated rings. The average molecular weight is 384 g/mol. The van der Waals surface area contributed by atoms with Crippen LogP contribution in [0.25, 0.3) is 0 Å². The SMILES string of the molecule is COCCN(Cc1ccncc1)C(=O)c1cc(Br)ccc1Cl. The van der Waals surface area contributed by atoms with Crippen molar-refractivity contribution in [1.82, 2.24) is 9.88 Å². The van der Waals surface area contributed by atoms with Gasteiger partial charge in [-0.05, 0) is 35.9 Å². The summed E-state index contributed by atoms with van der Waals surface area (Å²) >= 11 is 9.53. The molecular weight excluding hydrogens is 368 g/mol. The second-order valence-electron chi connectivity index (χ2n) is 4.70. The lowest BCUT2D eigenvalue weighted by Crippen LogP contribution is -2.33. The second-order valence-corrected chi connectivity index (χ2v) is 6.02. The van der Waals surface area contributed by atoms with Crippen LogP contribution in [0.4, 0.5) is 0 Å². The van der Waals surface area contributed by atoms with Gasteiger partial charge >= 0.3 is 0 Å². The van der Waals surface area contributed by atoms with Gasteiger partial charge in [0.05, 0.1) is 17.2 Å². The molecule has 0 atom stereocenters. The summed E-state index contributed by atoms with van der Waals surface area (Å²) in [5.41, 5.74) is 1.48. The molecule has 1 heterocycles. The quantitative estimate of drug-likeness (QED) is 0.762. The van der Waals surface area contributed by atoms with Crippen molar-refractivity contribution in [3.8, 4) is 0 Å². The van der Waals surface area contributed by atoms with Crippen LogP contribution in [0.5, 0.6) is 0 Å². The van der Waals surface area contributed by atoms with Crippen molar-refractivity contribution in [3.63, 3.8) is 0 Å². The van der Waals surface area contributed by atoms with Gasteiger partial charge in [-0.3, -0.25) is 9.78 Å². The number of carbonyl (C=O) groups excluding carboxylic acids is 1.